The summed E-state index contributed by atoms with van der Waals surface area (Å²) >= 11 is 0. The van der Waals surface area contributed by atoms with Gasteiger partial charge in [0.05, 0.1) is 26.4 Å². The fourth-order valence-electron chi connectivity index (χ4n) is 11.6. The third-order valence-electron chi connectivity index (χ3n) is 18.3. The van der Waals surface area contributed by atoms with Crippen molar-refractivity contribution >= 4 is 33.6 Å². The fourth-order valence-corrected chi connectivity index (χ4v) is 13.1. The first kappa shape index (κ1) is 109. The highest BCUT2D eigenvalue weighted by atomic mass is 31.2. The number of rotatable bonds is 83. The Morgan fingerprint density at radius 2 is 0.461 bits per heavy atom. The lowest BCUT2D eigenvalue weighted by atomic mass is 10.0. The predicted octanol–water partition coefficient (Wildman–Crippen LogP) is 27.4. The Hall–Kier alpha value is -5.61. The highest BCUT2D eigenvalue weighted by Gasteiger charge is 2.29. The van der Waals surface area contributed by atoms with E-state index in [-0.39, 0.29) is 19.3 Å². The van der Waals surface area contributed by atoms with E-state index in [2.05, 4.69) is 215 Å². The average Bonchev–Trinajstić information content (AvgIpc) is 0.908. The molecule has 0 spiro atoms. The molecule has 115 heavy (non-hydrogen) atoms. The number of aliphatic hydroxyl groups excluding tert-OH is 2. The molecule has 18 heteroatoms. The van der Waals surface area contributed by atoms with E-state index in [4.69, 9.17) is 32.3 Å². The summed E-state index contributed by atoms with van der Waals surface area (Å²) in [7, 11) is -9.83. The SMILES string of the molecule is CC/C=C\C/C=C\C/C=C\C/C=C\C/C=C\C/C=C\CCCCCCCCCCC(=O)OCC(O)COP(=O)(O)OCC(O)COP(=O)(O)OCC(COC(=O)CCCCCCCCCCCCC/C=C\C/C=C\C/C=C\C/C=C\CCCCC)OC(=O)CCCCCCCC/C=C\C/C=C\C/C=C\C/C=C\C/C=C\C/C=C\CC. The zero-order chi connectivity index (χ0) is 83.6. The number of carbonyl (C=O) groups is 3. The van der Waals surface area contributed by atoms with E-state index in [1.54, 1.807) is 0 Å². The summed E-state index contributed by atoms with van der Waals surface area (Å²) in [5.41, 5.74) is 0. The van der Waals surface area contributed by atoms with Crippen molar-refractivity contribution in [1.82, 2.24) is 0 Å². The molecule has 5 atom stereocenters. The maximum absolute atomic E-state index is 13.1. The van der Waals surface area contributed by atoms with Crippen LogP contribution >= 0.6 is 15.6 Å². The lowest BCUT2D eigenvalue weighted by Gasteiger charge is -2.21. The Kier molecular flexibility index (Phi) is 83.4. The van der Waals surface area contributed by atoms with Crippen LogP contribution in [0.25, 0.3) is 0 Å². The first-order chi connectivity index (χ1) is 56.2. The maximum Gasteiger partial charge on any atom is 0.472 e. The smallest absolute Gasteiger partial charge is 0.463 e. The molecule has 0 amide bonds. The third kappa shape index (κ3) is 89.0. The van der Waals surface area contributed by atoms with Gasteiger partial charge in [-0.25, -0.2) is 9.13 Å². The summed E-state index contributed by atoms with van der Waals surface area (Å²) in [5, 5.41) is 20.7. The Morgan fingerprint density at radius 1 is 0.252 bits per heavy atom. The molecule has 16 nitrogen and oxygen atoms in total. The van der Waals surface area contributed by atoms with Gasteiger partial charge in [-0.1, -0.05) is 350 Å². The molecule has 0 aromatic carbocycles. The van der Waals surface area contributed by atoms with Crippen molar-refractivity contribution in [2.75, 3.05) is 39.6 Å². The van der Waals surface area contributed by atoms with Crippen LogP contribution in [0.4, 0.5) is 0 Å². The molecule has 0 rings (SSSR count). The minimum Gasteiger partial charge on any atom is -0.463 e. The number of carbonyl (C=O) groups excluding carboxylic acids is 3. The first-order valence-corrected chi connectivity index (χ1v) is 47.7. The molecule has 0 aliphatic heterocycles. The van der Waals surface area contributed by atoms with E-state index in [0.29, 0.717) is 19.3 Å². The van der Waals surface area contributed by atoms with Gasteiger partial charge in [0, 0.05) is 19.3 Å². The lowest BCUT2D eigenvalue weighted by Crippen LogP contribution is -2.30. The number of esters is 3. The summed E-state index contributed by atoms with van der Waals surface area (Å²) in [6.45, 7) is 2.41. The summed E-state index contributed by atoms with van der Waals surface area (Å²) in [4.78, 5) is 59.0. The normalized spacial score (nSPS) is 14.7. The zero-order valence-electron chi connectivity index (χ0n) is 71.9. The number of ether oxygens (including phenoxy) is 3. The number of aliphatic hydroxyl groups is 2. The molecule has 0 heterocycles. The van der Waals surface area contributed by atoms with Gasteiger partial charge in [-0.15, -0.1) is 0 Å². The Bertz CT molecular complexity index is 2870. The van der Waals surface area contributed by atoms with Crippen LogP contribution in [0, 0.1) is 0 Å². The molecule has 0 aromatic rings. The summed E-state index contributed by atoms with van der Waals surface area (Å²) < 4.78 is 61.4. The Morgan fingerprint density at radius 3 is 0.730 bits per heavy atom. The van der Waals surface area contributed by atoms with E-state index in [1.807, 2.05) is 0 Å². The quantitative estimate of drug-likeness (QED) is 0.0146. The minimum absolute atomic E-state index is 0.0793. The lowest BCUT2D eigenvalue weighted by molar-refractivity contribution is -0.161. The van der Waals surface area contributed by atoms with Crippen molar-refractivity contribution in [3.05, 3.63) is 194 Å². The molecule has 0 aromatic heterocycles. The molecule has 0 radical (unpaired) electrons. The number of phosphoric acid groups is 2. The molecule has 4 N–H and O–H groups in total. The molecular formula is C97H160O16P2. The second-order valence-electron chi connectivity index (χ2n) is 29.3. The standard InChI is InChI=1S/C97H160O16P2/c1-4-7-10-13-16-19-22-25-28-31-34-37-40-43-45-48-50-53-56-59-62-65-68-71-74-77-80-83-95(100)107-86-92(98)87-109-114(103,104)110-88-93(99)89-111-115(105,106)112-91-94(113-97(102)85-82-79-76-73-70-67-64-61-58-55-52-47-42-39-36-33-30-27-24-21-18-15-12-9-6-3)90-108-96(101)84-81-78-75-72-69-66-63-60-57-54-51-49-46-44-41-38-35-32-29-26-23-20-17-14-11-8-5-2/h7,9-10,12,16-21,25-30,34-39,43-47,50,52-53,58,61,92-94,98-99H,4-6,8,11,13-15,22-24,31-33,40-42,48-49,51,54-57,59-60,62-91H2,1-3H3,(H,103,104)(H,105,106)/b10-7-,12-9-,19-16-,20-17-,21-18-,28-25-,29-26-,30-27-,37-34-,38-35-,39-36-,45-43-,46-44-,52-47-,53-50-,61-58-. The van der Waals surface area contributed by atoms with Gasteiger partial charge in [0.2, 0.25) is 0 Å². The van der Waals surface area contributed by atoms with E-state index in [9.17, 15) is 43.5 Å². The molecule has 5 unspecified atom stereocenters. The molecular weight excluding hydrogens is 1480 g/mol. The van der Waals surface area contributed by atoms with E-state index >= 15 is 0 Å². The van der Waals surface area contributed by atoms with Crippen LogP contribution in [0.2, 0.25) is 0 Å². The van der Waals surface area contributed by atoms with Gasteiger partial charge in [-0.05, 0) is 167 Å². The number of hydrogen-bond donors (Lipinski definition) is 4. The molecule has 654 valence electrons. The number of hydrogen-bond acceptors (Lipinski definition) is 14. The molecule has 0 saturated carbocycles. The highest BCUT2D eigenvalue weighted by molar-refractivity contribution is 7.47. The van der Waals surface area contributed by atoms with Crippen LogP contribution in [0.5, 0.6) is 0 Å². The largest absolute Gasteiger partial charge is 0.472 e. The first-order valence-electron chi connectivity index (χ1n) is 44.7. The van der Waals surface area contributed by atoms with Gasteiger partial charge in [0.15, 0.2) is 6.10 Å². The van der Waals surface area contributed by atoms with Gasteiger partial charge in [-0.2, -0.15) is 0 Å². The molecule has 0 fully saturated rings. The molecule has 0 bridgehead atoms. The third-order valence-corrected chi connectivity index (χ3v) is 20.2. The molecule has 0 aliphatic carbocycles. The number of phosphoric ester groups is 2. The number of allylic oxidation sites excluding steroid dienone is 32. The monoisotopic (exact) mass is 1640 g/mol. The van der Waals surface area contributed by atoms with E-state index in [1.165, 1.54) is 83.5 Å². The number of unbranched alkanes of at least 4 members (excludes halogenated alkanes) is 28. The van der Waals surface area contributed by atoms with Crippen molar-refractivity contribution in [2.24, 2.45) is 0 Å². The van der Waals surface area contributed by atoms with Gasteiger partial charge >= 0.3 is 33.6 Å². The molecule has 0 aliphatic rings. The summed E-state index contributed by atoms with van der Waals surface area (Å²) in [5.74, 6) is -1.61. The summed E-state index contributed by atoms with van der Waals surface area (Å²) in [6.07, 6.45) is 116. The average molecular weight is 1640 g/mol. The highest BCUT2D eigenvalue weighted by Crippen LogP contribution is 2.45. The predicted molar refractivity (Wildman–Crippen MR) is 481 cm³/mol. The van der Waals surface area contributed by atoms with Crippen LogP contribution in [0.15, 0.2) is 194 Å². The van der Waals surface area contributed by atoms with Gasteiger partial charge in [0.1, 0.15) is 25.4 Å². The summed E-state index contributed by atoms with van der Waals surface area (Å²) in [6, 6.07) is 0. The van der Waals surface area contributed by atoms with Crippen LogP contribution in [0.1, 0.15) is 342 Å². The Balaban J connectivity index is 4.73. The fraction of sp³-hybridized carbons (Fsp3) is 0.639. The van der Waals surface area contributed by atoms with Crippen molar-refractivity contribution < 1.29 is 75.8 Å². The van der Waals surface area contributed by atoms with Gasteiger partial charge < -0.3 is 34.2 Å². The van der Waals surface area contributed by atoms with Crippen molar-refractivity contribution in [3.63, 3.8) is 0 Å². The second kappa shape index (κ2) is 87.7. The topological polar surface area (TPSA) is 231 Å². The van der Waals surface area contributed by atoms with E-state index < -0.39 is 91.5 Å². The zero-order valence-corrected chi connectivity index (χ0v) is 73.7. The van der Waals surface area contributed by atoms with Crippen molar-refractivity contribution in [2.45, 2.75) is 360 Å². The van der Waals surface area contributed by atoms with Crippen molar-refractivity contribution in [1.29, 1.82) is 0 Å². The van der Waals surface area contributed by atoms with Crippen molar-refractivity contribution in [3.8, 4) is 0 Å². The van der Waals surface area contributed by atoms with Crippen LogP contribution < -0.4 is 0 Å². The van der Waals surface area contributed by atoms with Crippen LogP contribution in [0.3, 0.4) is 0 Å². The second-order valence-corrected chi connectivity index (χ2v) is 32.2. The maximum atomic E-state index is 13.1. The molecule has 0 saturated heterocycles. The Labute approximate surface area is 699 Å². The van der Waals surface area contributed by atoms with Gasteiger partial charge in [0.25, 0.3) is 0 Å². The van der Waals surface area contributed by atoms with Crippen LogP contribution in [-0.4, -0.2) is 95.9 Å². The van der Waals surface area contributed by atoms with Gasteiger partial charge in [-0.3, -0.25) is 32.5 Å². The minimum atomic E-state index is -4.95. The van der Waals surface area contributed by atoms with E-state index in [0.717, 1.165) is 199 Å². The van der Waals surface area contributed by atoms with Crippen LogP contribution in [-0.2, 0) is 55.8 Å².